The third-order valence-electron chi connectivity index (χ3n) is 3.25. The third-order valence-corrected chi connectivity index (χ3v) is 3.25. The Kier molecular flexibility index (Phi) is 6.84. The van der Waals surface area contributed by atoms with Crippen LogP contribution >= 0.6 is 0 Å². The van der Waals surface area contributed by atoms with Crippen molar-refractivity contribution in [2.75, 3.05) is 18.4 Å². The molecule has 0 saturated heterocycles. The van der Waals surface area contributed by atoms with Crippen molar-refractivity contribution in [3.63, 3.8) is 0 Å². The van der Waals surface area contributed by atoms with Crippen LogP contribution in [0.25, 0.3) is 6.08 Å². The van der Waals surface area contributed by atoms with Gasteiger partial charge in [-0.1, -0.05) is 42.5 Å². The van der Waals surface area contributed by atoms with E-state index in [1.54, 1.807) is 11.6 Å². The van der Waals surface area contributed by atoms with Crippen molar-refractivity contribution in [2.45, 2.75) is 6.54 Å². The molecule has 0 spiro atoms. The molecule has 0 aliphatic rings. The SMILES string of the molecule is O=C(/C=C/c1ccc(CNCCNc2ccccc2)cc1)NO. The summed E-state index contributed by atoms with van der Waals surface area (Å²) in [5, 5.41) is 15.1. The van der Waals surface area contributed by atoms with E-state index in [9.17, 15) is 4.79 Å². The summed E-state index contributed by atoms with van der Waals surface area (Å²) in [6, 6.07) is 18.0. The maximum Gasteiger partial charge on any atom is 0.267 e. The minimum absolute atomic E-state index is 0.540. The zero-order valence-corrected chi connectivity index (χ0v) is 12.8. The molecular weight excluding hydrogens is 290 g/mol. The van der Waals surface area contributed by atoms with Crippen LogP contribution in [0.2, 0.25) is 0 Å². The summed E-state index contributed by atoms with van der Waals surface area (Å²) in [6.45, 7) is 2.52. The number of carbonyl (C=O) groups excluding carboxylic acids is 1. The molecule has 5 heteroatoms. The van der Waals surface area contributed by atoms with Crippen LogP contribution in [0.4, 0.5) is 5.69 Å². The average molecular weight is 311 g/mol. The van der Waals surface area contributed by atoms with Gasteiger partial charge in [-0.3, -0.25) is 10.0 Å². The minimum atomic E-state index is -0.540. The monoisotopic (exact) mass is 311 g/mol. The fourth-order valence-electron chi connectivity index (χ4n) is 2.04. The Balaban J connectivity index is 1.68. The third kappa shape index (κ3) is 6.34. The molecule has 0 aromatic heterocycles. The molecule has 120 valence electrons. The smallest absolute Gasteiger partial charge is 0.267 e. The van der Waals surface area contributed by atoms with E-state index in [0.29, 0.717) is 0 Å². The van der Waals surface area contributed by atoms with Crippen molar-refractivity contribution in [3.8, 4) is 0 Å². The highest BCUT2D eigenvalue weighted by Crippen LogP contribution is 2.06. The first-order chi connectivity index (χ1) is 11.3. The molecule has 0 radical (unpaired) electrons. The topological polar surface area (TPSA) is 73.4 Å². The summed E-state index contributed by atoms with van der Waals surface area (Å²) >= 11 is 0. The lowest BCUT2D eigenvalue weighted by atomic mass is 10.1. The standard InChI is InChI=1S/C18H21N3O2/c22-18(21-23)11-10-15-6-8-16(9-7-15)14-19-12-13-20-17-4-2-1-3-5-17/h1-11,19-20,23H,12-14H2,(H,21,22)/b11-10+. The Hall–Kier alpha value is -2.63. The van der Waals surface area contributed by atoms with Gasteiger partial charge in [0, 0.05) is 31.4 Å². The predicted octanol–water partition coefficient (Wildman–Crippen LogP) is 2.41. The van der Waals surface area contributed by atoms with Crippen LogP contribution in [0, 0.1) is 0 Å². The van der Waals surface area contributed by atoms with Crippen molar-refractivity contribution in [3.05, 3.63) is 71.8 Å². The van der Waals surface area contributed by atoms with Gasteiger partial charge in [0.25, 0.3) is 5.91 Å². The van der Waals surface area contributed by atoms with Gasteiger partial charge in [-0.15, -0.1) is 0 Å². The van der Waals surface area contributed by atoms with Gasteiger partial charge in [0.1, 0.15) is 0 Å². The number of hydrogen-bond donors (Lipinski definition) is 4. The summed E-state index contributed by atoms with van der Waals surface area (Å²) in [4.78, 5) is 10.9. The Morgan fingerprint density at radius 3 is 2.43 bits per heavy atom. The number of amides is 1. The van der Waals surface area contributed by atoms with Gasteiger partial charge in [-0.05, 0) is 29.3 Å². The molecule has 2 rings (SSSR count). The summed E-state index contributed by atoms with van der Waals surface area (Å²) in [6.07, 6.45) is 2.93. The highest BCUT2D eigenvalue weighted by molar-refractivity contribution is 5.90. The summed E-state index contributed by atoms with van der Waals surface area (Å²) in [5.74, 6) is -0.540. The lowest BCUT2D eigenvalue weighted by Gasteiger charge is -2.08. The van der Waals surface area contributed by atoms with Crippen molar-refractivity contribution < 1.29 is 10.0 Å². The maximum absolute atomic E-state index is 10.9. The van der Waals surface area contributed by atoms with Crippen molar-refractivity contribution >= 4 is 17.7 Å². The van der Waals surface area contributed by atoms with E-state index >= 15 is 0 Å². The van der Waals surface area contributed by atoms with Gasteiger partial charge in [0.05, 0.1) is 0 Å². The molecule has 0 fully saturated rings. The molecule has 23 heavy (non-hydrogen) atoms. The molecule has 0 atom stereocenters. The molecule has 2 aromatic rings. The van der Waals surface area contributed by atoms with Gasteiger partial charge in [0.2, 0.25) is 0 Å². The quantitative estimate of drug-likeness (QED) is 0.261. The Labute approximate surface area is 136 Å². The first-order valence-electron chi connectivity index (χ1n) is 7.48. The summed E-state index contributed by atoms with van der Waals surface area (Å²) < 4.78 is 0. The largest absolute Gasteiger partial charge is 0.384 e. The van der Waals surface area contributed by atoms with Crippen LogP contribution in [0.3, 0.4) is 0 Å². The van der Waals surface area contributed by atoms with Crippen molar-refractivity contribution in [1.82, 2.24) is 10.8 Å². The minimum Gasteiger partial charge on any atom is -0.384 e. The van der Waals surface area contributed by atoms with Crippen LogP contribution in [-0.2, 0) is 11.3 Å². The fraction of sp³-hybridized carbons (Fsp3) is 0.167. The highest BCUT2D eigenvalue weighted by atomic mass is 16.5. The molecule has 0 saturated carbocycles. The van der Waals surface area contributed by atoms with E-state index < -0.39 is 5.91 Å². The molecule has 0 unspecified atom stereocenters. The van der Waals surface area contributed by atoms with Gasteiger partial charge < -0.3 is 10.6 Å². The van der Waals surface area contributed by atoms with Crippen LogP contribution in [0.15, 0.2) is 60.7 Å². The van der Waals surface area contributed by atoms with Crippen LogP contribution in [0.5, 0.6) is 0 Å². The van der Waals surface area contributed by atoms with E-state index in [2.05, 4.69) is 10.6 Å². The number of rotatable bonds is 8. The Morgan fingerprint density at radius 1 is 1.00 bits per heavy atom. The van der Waals surface area contributed by atoms with E-state index in [0.717, 1.165) is 30.9 Å². The predicted molar refractivity (Wildman–Crippen MR) is 92.0 cm³/mol. The fourth-order valence-corrected chi connectivity index (χ4v) is 2.04. The zero-order chi connectivity index (χ0) is 16.3. The first-order valence-corrected chi connectivity index (χ1v) is 7.48. The second kappa shape index (κ2) is 9.40. The summed E-state index contributed by atoms with van der Waals surface area (Å²) in [5.41, 5.74) is 4.76. The first kappa shape index (κ1) is 16.7. The van der Waals surface area contributed by atoms with Gasteiger partial charge >= 0.3 is 0 Å². The molecule has 0 aliphatic carbocycles. The average Bonchev–Trinajstić information content (AvgIpc) is 2.61. The number of nitrogens with one attached hydrogen (secondary N) is 3. The Bertz CT molecular complexity index is 624. The van der Waals surface area contributed by atoms with Crippen LogP contribution in [-0.4, -0.2) is 24.2 Å². The van der Waals surface area contributed by atoms with E-state index in [1.165, 1.54) is 11.6 Å². The molecule has 1 amide bonds. The van der Waals surface area contributed by atoms with Crippen molar-refractivity contribution in [1.29, 1.82) is 0 Å². The number of benzene rings is 2. The summed E-state index contributed by atoms with van der Waals surface area (Å²) in [7, 11) is 0. The lowest BCUT2D eigenvalue weighted by Crippen LogP contribution is -2.21. The van der Waals surface area contributed by atoms with E-state index in [4.69, 9.17) is 5.21 Å². The van der Waals surface area contributed by atoms with Gasteiger partial charge in [-0.2, -0.15) is 0 Å². The maximum atomic E-state index is 10.9. The zero-order valence-electron chi connectivity index (χ0n) is 12.8. The molecule has 0 heterocycles. The van der Waals surface area contributed by atoms with Gasteiger partial charge in [0.15, 0.2) is 0 Å². The normalized spacial score (nSPS) is 10.7. The number of hydrogen-bond acceptors (Lipinski definition) is 4. The number of para-hydroxylation sites is 1. The Morgan fingerprint density at radius 2 is 1.74 bits per heavy atom. The molecule has 2 aromatic carbocycles. The van der Waals surface area contributed by atoms with Crippen molar-refractivity contribution in [2.24, 2.45) is 0 Å². The van der Waals surface area contributed by atoms with E-state index in [-0.39, 0.29) is 0 Å². The van der Waals surface area contributed by atoms with Gasteiger partial charge in [-0.25, -0.2) is 5.48 Å². The van der Waals surface area contributed by atoms with E-state index in [1.807, 2.05) is 54.6 Å². The number of hydroxylamine groups is 1. The second-order valence-corrected chi connectivity index (χ2v) is 5.02. The molecule has 5 nitrogen and oxygen atoms in total. The highest BCUT2D eigenvalue weighted by Gasteiger charge is 1.95. The lowest BCUT2D eigenvalue weighted by molar-refractivity contribution is -0.124. The second-order valence-electron chi connectivity index (χ2n) is 5.02. The number of carbonyl (C=O) groups is 1. The number of anilines is 1. The van der Waals surface area contributed by atoms with Crippen LogP contribution in [0.1, 0.15) is 11.1 Å². The molecule has 0 aliphatic heterocycles. The molecule has 0 bridgehead atoms. The molecular formula is C18H21N3O2. The van der Waals surface area contributed by atoms with Crippen LogP contribution < -0.4 is 16.1 Å². The molecule has 4 N–H and O–H groups in total.